The summed E-state index contributed by atoms with van der Waals surface area (Å²) >= 11 is 0. The van der Waals surface area contributed by atoms with Crippen LogP contribution in [-0.4, -0.2) is 26.9 Å². The molecule has 26 heavy (non-hydrogen) atoms. The second kappa shape index (κ2) is 7.95. The molecule has 0 unspecified atom stereocenters. The molecule has 0 saturated carbocycles. The summed E-state index contributed by atoms with van der Waals surface area (Å²) in [5.41, 5.74) is 4.90. The molecule has 0 saturated heterocycles. The van der Waals surface area contributed by atoms with E-state index in [1.54, 1.807) is 10.9 Å². The predicted octanol–water partition coefficient (Wildman–Crippen LogP) is 3.64. The fraction of sp³-hybridized carbons (Fsp3) is 0.286. The van der Waals surface area contributed by atoms with Crippen LogP contribution in [0.5, 0.6) is 0 Å². The van der Waals surface area contributed by atoms with Crippen LogP contribution in [0.3, 0.4) is 0 Å². The number of carbonyl (C=O) groups is 1. The van der Waals surface area contributed by atoms with E-state index in [9.17, 15) is 4.79 Å². The topological polar surface area (TPSA) is 59.8 Å². The molecule has 0 fully saturated rings. The highest BCUT2D eigenvalue weighted by molar-refractivity contribution is 5.92. The van der Waals surface area contributed by atoms with E-state index in [0.717, 1.165) is 18.5 Å². The highest BCUT2D eigenvalue weighted by atomic mass is 16.2. The molecule has 0 bridgehead atoms. The SMILES string of the molecule is Cc1ccc(-n2cc(C(=O)N[C@@H](C)CCc3ccccc3)nn2)cc1C. The van der Waals surface area contributed by atoms with Gasteiger partial charge in [-0.15, -0.1) is 5.10 Å². The average molecular weight is 348 g/mol. The van der Waals surface area contributed by atoms with Crippen LogP contribution in [0.1, 0.15) is 40.5 Å². The van der Waals surface area contributed by atoms with E-state index in [1.165, 1.54) is 16.7 Å². The molecule has 1 aromatic heterocycles. The lowest BCUT2D eigenvalue weighted by molar-refractivity contribution is 0.0933. The molecule has 1 N–H and O–H groups in total. The van der Waals surface area contributed by atoms with Gasteiger partial charge in [-0.1, -0.05) is 41.6 Å². The van der Waals surface area contributed by atoms with Crippen LogP contribution < -0.4 is 5.32 Å². The summed E-state index contributed by atoms with van der Waals surface area (Å²) in [5, 5.41) is 11.1. The first-order valence-corrected chi connectivity index (χ1v) is 8.87. The van der Waals surface area contributed by atoms with Gasteiger partial charge in [0.15, 0.2) is 5.69 Å². The molecule has 5 heteroatoms. The van der Waals surface area contributed by atoms with Crippen LogP contribution >= 0.6 is 0 Å². The summed E-state index contributed by atoms with van der Waals surface area (Å²) in [7, 11) is 0. The minimum Gasteiger partial charge on any atom is -0.348 e. The van der Waals surface area contributed by atoms with Crippen LogP contribution in [0.15, 0.2) is 54.7 Å². The number of nitrogens with one attached hydrogen (secondary N) is 1. The maximum atomic E-state index is 12.4. The van der Waals surface area contributed by atoms with Crippen molar-refractivity contribution in [3.8, 4) is 5.69 Å². The molecule has 3 aromatic rings. The summed E-state index contributed by atoms with van der Waals surface area (Å²) in [6.45, 7) is 6.13. The number of aryl methyl sites for hydroxylation is 3. The molecule has 2 aromatic carbocycles. The van der Waals surface area contributed by atoms with E-state index in [4.69, 9.17) is 0 Å². The first kappa shape index (κ1) is 17.9. The van der Waals surface area contributed by atoms with Gasteiger partial charge in [0.1, 0.15) is 0 Å². The van der Waals surface area contributed by atoms with E-state index in [1.807, 2.05) is 43.3 Å². The molecule has 0 spiro atoms. The van der Waals surface area contributed by atoms with Gasteiger partial charge in [0.25, 0.3) is 5.91 Å². The number of amides is 1. The van der Waals surface area contributed by atoms with Crippen LogP contribution in [0, 0.1) is 13.8 Å². The van der Waals surface area contributed by atoms with Crippen molar-refractivity contribution >= 4 is 5.91 Å². The van der Waals surface area contributed by atoms with Crippen molar-refractivity contribution in [3.63, 3.8) is 0 Å². The Balaban J connectivity index is 1.59. The van der Waals surface area contributed by atoms with E-state index >= 15 is 0 Å². The third-order valence-electron chi connectivity index (χ3n) is 4.57. The van der Waals surface area contributed by atoms with Crippen LogP contribution in [0.25, 0.3) is 5.69 Å². The second-order valence-corrected chi connectivity index (χ2v) is 6.72. The number of carbonyl (C=O) groups excluding carboxylic acids is 1. The fourth-order valence-electron chi connectivity index (χ4n) is 2.76. The summed E-state index contributed by atoms with van der Waals surface area (Å²) in [6, 6.07) is 16.4. The number of rotatable bonds is 6. The average Bonchev–Trinajstić information content (AvgIpc) is 3.13. The lowest BCUT2D eigenvalue weighted by atomic mass is 10.1. The van der Waals surface area contributed by atoms with Crippen molar-refractivity contribution < 1.29 is 4.79 Å². The molecule has 1 heterocycles. The summed E-state index contributed by atoms with van der Waals surface area (Å²) < 4.78 is 1.63. The standard InChI is InChI=1S/C21H24N4O/c1-15-9-12-19(13-16(15)2)25-14-20(23-24-25)21(26)22-17(3)10-11-18-7-5-4-6-8-18/h4-9,12-14,17H,10-11H2,1-3H3,(H,22,26)/t17-/m0/s1. The Morgan fingerprint density at radius 1 is 1.12 bits per heavy atom. The molecular weight excluding hydrogens is 324 g/mol. The van der Waals surface area contributed by atoms with Gasteiger partial charge in [-0.05, 0) is 62.4 Å². The van der Waals surface area contributed by atoms with Gasteiger partial charge in [-0.25, -0.2) is 4.68 Å². The van der Waals surface area contributed by atoms with Crippen molar-refractivity contribution in [2.24, 2.45) is 0 Å². The van der Waals surface area contributed by atoms with E-state index in [-0.39, 0.29) is 11.9 Å². The van der Waals surface area contributed by atoms with Crippen molar-refractivity contribution in [1.29, 1.82) is 0 Å². The maximum Gasteiger partial charge on any atom is 0.273 e. The van der Waals surface area contributed by atoms with Gasteiger partial charge in [0, 0.05) is 6.04 Å². The van der Waals surface area contributed by atoms with Gasteiger partial charge >= 0.3 is 0 Å². The number of hydrogen-bond donors (Lipinski definition) is 1. The normalized spacial score (nSPS) is 12.0. The van der Waals surface area contributed by atoms with Gasteiger partial charge in [0.05, 0.1) is 11.9 Å². The molecule has 0 aliphatic rings. The van der Waals surface area contributed by atoms with Gasteiger partial charge in [-0.3, -0.25) is 4.79 Å². The fourth-order valence-corrected chi connectivity index (χ4v) is 2.76. The molecule has 1 atom stereocenters. The van der Waals surface area contributed by atoms with Crippen molar-refractivity contribution in [2.75, 3.05) is 0 Å². The third kappa shape index (κ3) is 4.36. The van der Waals surface area contributed by atoms with Gasteiger partial charge in [-0.2, -0.15) is 0 Å². The monoisotopic (exact) mass is 348 g/mol. The summed E-state index contributed by atoms with van der Waals surface area (Å²) in [5.74, 6) is -0.194. The first-order chi connectivity index (χ1) is 12.5. The lowest BCUT2D eigenvalue weighted by Gasteiger charge is -2.12. The number of benzene rings is 2. The maximum absolute atomic E-state index is 12.4. The van der Waals surface area contributed by atoms with Crippen LogP contribution in [-0.2, 0) is 6.42 Å². The quantitative estimate of drug-likeness (QED) is 0.740. The molecule has 5 nitrogen and oxygen atoms in total. The Morgan fingerprint density at radius 2 is 1.88 bits per heavy atom. The Labute approximate surface area is 154 Å². The predicted molar refractivity (Wildman–Crippen MR) is 103 cm³/mol. The molecular formula is C21H24N4O. The minimum atomic E-state index is -0.194. The highest BCUT2D eigenvalue weighted by Crippen LogP contribution is 2.13. The third-order valence-corrected chi connectivity index (χ3v) is 4.57. The summed E-state index contributed by atoms with van der Waals surface area (Å²) in [4.78, 5) is 12.4. The molecule has 0 aliphatic carbocycles. The zero-order chi connectivity index (χ0) is 18.5. The zero-order valence-corrected chi connectivity index (χ0v) is 15.4. The zero-order valence-electron chi connectivity index (χ0n) is 15.4. The number of nitrogens with zero attached hydrogens (tertiary/aromatic N) is 3. The Bertz CT molecular complexity index is 886. The number of aromatic nitrogens is 3. The van der Waals surface area contributed by atoms with E-state index in [2.05, 4.69) is 41.6 Å². The number of hydrogen-bond acceptors (Lipinski definition) is 3. The van der Waals surface area contributed by atoms with Crippen molar-refractivity contribution in [3.05, 3.63) is 77.1 Å². The Kier molecular flexibility index (Phi) is 5.46. The minimum absolute atomic E-state index is 0.0643. The van der Waals surface area contributed by atoms with Crippen molar-refractivity contribution in [2.45, 2.75) is 39.7 Å². The Hall–Kier alpha value is -2.95. The molecule has 0 aliphatic heterocycles. The molecule has 1 amide bonds. The van der Waals surface area contributed by atoms with Gasteiger partial charge in [0.2, 0.25) is 0 Å². The van der Waals surface area contributed by atoms with Crippen LogP contribution in [0.2, 0.25) is 0 Å². The summed E-state index contributed by atoms with van der Waals surface area (Å²) in [6.07, 6.45) is 3.47. The second-order valence-electron chi connectivity index (χ2n) is 6.72. The lowest BCUT2D eigenvalue weighted by Crippen LogP contribution is -2.33. The first-order valence-electron chi connectivity index (χ1n) is 8.87. The largest absolute Gasteiger partial charge is 0.348 e. The molecule has 3 rings (SSSR count). The smallest absolute Gasteiger partial charge is 0.273 e. The van der Waals surface area contributed by atoms with E-state index in [0.29, 0.717) is 5.69 Å². The van der Waals surface area contributed by atoms with Crippen molar-refractivity contribution in [1.82, 2.24) is 20.3 Å². The molecule has 0 radical (unpaired) electrons. The van der Waals surface area contributed by atoms with E-state index < -0.39 is 0 Å². The highest BCUT2D eigenvalue weighted by Gasteiger charge is 2.14. The molecule has 134 valence electrons. The van der Waals surface area contributed by atoms with Crippen LogP contribution in [0.4, 0.5) is 0 Å². The Morgan fingerprint density at radius 3 is 2.62 bits per heavy atom. The van der Waals surface area contributed by atoms with Gasteiger partial charge < -0.3 is 5.32 Å².